The van der Waals surface area contributed by atoms with Crippen molar-refractivity contribution in [3.8, 4) is 0 Å². The molecule has 0 amide bonds. The number of aliphatic hydroxyl groups is 1. The predicted octanol–water partition coefficient (Wildman–Crippen LogP) is -0.600. The van der Waals surface area contributed by atoms with Crippen LogP contribution in [0.2, 0.25) is 0 Å². The lowest BCUT2D eigenvalue weighted by Crippen LogP contribution is -2.39. The Balaban J connectivity index is 1.89. The van der Waals surface area contributed by atoms with Gasteiger partial charge in [-0.15, -0.1) is 0 Å². The van der Waals surface area contributed by atoms with Gasteiger partial charge in [-0.3, -0.25) is 9.58 Å². The number of likely N-dealkylation sites (tertiary alicyclic amines) is 1. The highest BCUT2D eigenvalue weighted by atomic mass is 32.2. The van der Waals surface area contributed by atoms with Gasteiger partial charge in [-0.1, -0.05) is 0 Å². The summed E-state index contributed by atoms with van der Waals surface area (Å²) in [6, 6.07) is -0.636. The van der Waals surface area contributed by atoms with E-state index in [4.69, 9.17) is 5.11 Å². The Bertz CT molecular complexity index is 590. The molecular formula is C11H18F2N4O3S. The Labute approximate surface area is 121 Å². The van der Waals surface area contributed by atoms with Gasteiger partial charge in [0.25, 0.3) is 5.92 Å². The number of aryl methyl sites for hydroxylation is 1. The smallest absolute Gasteiger partial charge is 0.262 e. The number of hydrogen-bond acceptors (Lipinski definition) is 5. The van der Waals surface area contributed by atoms with E-state index in [2.05, 4.69) is 9.82 Å². The van der Waals surface area contributed by atoms with Gasteiger partial charge < -0.3 is 5.11 Å². The second-order valence-corrected chi connectivity index (χ2v) is 6.88. The van der Waals surface area contributed by atoms with E-state index >= 15 is 0 Å². The third-order valence-corrected chi connectivity index (χ3v) is 4.79. The van der Waals surface area contributed by atoms with Crippen molar-refractivity contribution in [3.63, 3.8) is 0 Å². The summed E-state index contributed by atoms with van der Waals surface area (Å²) >= 11 is 0. The van der Waals surface area contributed by atoms with Crippen LogP contribution in [-0.2, 0) is 17.1 Å². The number of hydrogen-bond donors (Lipinski definition) is 2. The number of aliphatic hydroxyl groups excluding tert-OH is 1. The zero-order valence-electron chi connectivity index (χ0n) is 11.5. The maximum Gasteiger partial charge on any atom is 0.262 e. The minimum absolute atomic E-state index is 0.0101. The van der Waals surface area contributed by atoms with Crippen LogP contribution >= 0.6 is 0 Å². The third-order valence-electron chi connectivity index (χ3n) is 3.38. The van der Waals surface area contributed by atoms with Gasteiger partial charge in [-0.25, -0.2) is 21.9 Å². The van der Waals surface area contributed by atoms with E-state index in [0.717, 1.165) is 0 Å². The van der Waals surface area contributed by atoms with Gasteiger partial charge in [0.2, 0.25) is 10.0 Å². The molecule has 2 N–H and O–H groups in total. The molecule has 1 saturated heterocycles. The predicted molar refractivity (Wildman–Crippen MR) is 70.4 cm³/mol. The monoisotopic (exact) mass is 324 g/mol. The molecule has 1 fully saturated rings. The van der Waals surface area contributed by atoms with Gasteiger partial charge >= 0.3 is 0 Å². The standard InChI is InChI=1S/C11H18F2N4O3S/c1-16-6-10(5-14-16)21(19,20)15-2-3-17-8-11(12,13)4-9(17)7-18/h5-6,9,15,18H,2-4,7-8H2,1H3. The van der Waals surface area contributed by atoms with Gasteiger partial charge in [0.15, 0.2) is 0 Å². The van der Waals surface area contributed by atoms with E-state index < -0.39 is 35.0 Å². The first-order valence-electron chi connectivity index (χ1n) is 6.44. The van der Waals surface area contributed by atoms with E-state index in [9.17, 15) is 17.2 Å². The van der Waals surface area contributed by atoms with E-state index in [1.807, 2.05) is 0 Å². The fraction of sp³-hybridized carbons (Fsp3) is 0.727. The number of rotatable bonds is 6. The molecule has 0 aromatic carbocycles. The van der Waals surface area contributed by atoms with E-state index in [1.165, 1.54) is 22.0 Å². The summed E-state index contributed by atoms with van der Waals surface area (Å²) in [5.41, 5.74) is 0. The van der Waals surface area contributed by atoms with Crippen molar-refractivity contribution in [1.29, 1.82) is 0 Å². The largest absolute Gasteiger partial charge is 0.395 e. The highest BCUT2D eigenvalue weighted by Crippen LogP contribution is 2.31. The number of sulfonamides is 1. The summed E-state index contributed by atoms with van der Waals surface area (Å²) in [4.78, 5) is 1.42. The molecule has 1 unspecified atom stereocenters. The SMILES string of the molecule is Cn1cc(S(=O)(=O)NCCN2CC(F)(F)CC2CO)cn1. The minimum atomic E-state index is -3.69. The Morgan fingerprint density at radius 1 is 1.57 bits per heavy atom. The lowest BCUT2D eigenvalue weighted by Gasteiger charge is -2.21. The zero-order chi connectivity index (χ0) is 15.7. The quantitative estimate of drug-likeness (QED) is 0.730. The summed E-state index contributed by atoms with van der Waals surface area (Å²) in [7, 11) is -2.10. The summed E-state index contributed by atoms with van der Waals surface area (Å²) in [5.74, 6) is -2.84. The summed E-state index contributed by atoms with van der Waals surface area (Å²) in [6.07, 6.45) is 2.16. The molecule has 1 aromatic rings. The number of aromatic nitrogens is 2. The van der Waals surface area contributed by atoms with Crippen LogP contribution in [0, 0.1) is 0 Å². The van der Waals surface area contributed by atoms with Crippen molar-refractivity contribution < 1.29 is 22.3 Å². The van der Waals surface area contributed by atoms with Gasteiger partial charge in [0, 0.05) is 38.8 Å². The molecule has 1 aromatic heterocycles. The fourth-order valence-corrected chi connectivity index (χ4v) is 3.35. The van der Waals surface area contributed by atoms with Gasteiger partial charge in [-0.2, -0.15) is 5.10 Å². The second-order valence-electron chi connectivity index (χ2n) is 5.11. The van der Waals surface area contributed by atoms with Crippen LogP contribution < -0.4 is 4.72 Å². The molecule has 1 atom stereocenters. The lowest BCUT2D eigenvalue weighted by molar-refractivity contribution is 0.0120. The first kappa shape index (κ1) is 16.3. The average molecular weight is 324 g/mol. The fourth-order valence-electron chi connectivity index (χ4n) is 2.35. The molecule has 2 heterocycles. The Morgan fingerprint density at radius 3 is 2.86 bits per heavy atom. The molecule has 0 aliphatic carbocycles. The van der Waals surface area contributed by atoms with E-state index in [0.29, 0.717) is 0 Å². The first-order chi connectivity index (χ1) is 9.73. The highest BCUT2D eigenvalue weighted by molar-refractivity contribution is 7.89. The van der Waals surface area contributed by atoms with Crippen molar-refractivity contribution in [2.75, 3.05) is 26.2 Å². The van der Waals surface area contributed by atoms with Crippen LogP contribution in [0.25, 0.3) is 0 Å². The molecule has 21 heavy (non-hydrogen) atoms. The third kappa shape index (κ3) is 3.96. The molecule has 120 valence electrons. The number of halogens is 2. The Hall–Kier alpha value is -1.10. The molecule has 1 aliphatic heterocycles. The maximum atomic E-state index is 13.3. The van der Waals surface area contributed by atoms with Crippen LogP contribution in [0.1, 0.15) is 6.42 Å². The second kappa shape index (κ2) is 5.95. The topological polar surface area (TPSA) is 87.5 Å². The Kier molecular flexibility index (Phi) is 4.61. The molecule has 1 aliphatic rings. The molecule has 0 spiro atoms. The molecule has 7 nitrogen and oxygen atoms in total. The van der Waals surface area contributed by atoms with Crippen molar-refractivity contribution in [2.45, 2.75) is 23.3 Å². The number of nitrogens with zero attached hydrogens (tertiary/aromatic N) is 3. The summed E-state index contributed by atoms with van der Waals surface area (Å²) in [5, 5.41) is 12.9. The van der Waals surface area contributed by atoms with Gasteiger partial charge in [-0.05, 0) is 0 Å². The van der Waals surface area contributed by atoms with Gasteiger partial charge in [0.05, 0.1) is 19.3 Å². The lowest BCUT2D eigenvalue weighted by atomic mass is 10.2. The van der Waals surface area contributed by atoms with E-state index in [-0.39, 0.29) is 24.6 Å². The summed E-state index contributed by atoms with van der Waals surface area (Å²) in [6.45, 7) is -0.734. The molecular weight excluding hydrogens is 306 g/mol. The van der Waals surface area contributed by atoms with Crippen LogP contribution in [0.5, 0.6) is 0 Å². The van der Waals surface area contributed by atoms with Crippen LogP contribution in [0.15, 0.2) is 17.3 Å². The zero-order valence-corrected chi connectivity index (χ0v) is 12.4. The van der Waals surface area contributed by atoms with Crippen molar-refractivity contribution in [1.82, 2.24) is 19.4 Å². The number of nitrogens with one attached hydrogen (secondary N) is 1. The molecule has 0 radical (unpaired) electrons. The number of alkyl halides is 2. The van der Waals surface area contributed by atoms with Crippen molar-refractivity contribution >= 4 is 10.0 Å². The van der Waals surface area contributed by atoms with Crippen molar-refractivity contribution in [3.05, 3.63) is 12.4 Å². The van der Waals surface area contributed by atoms with Crippen molar-refractivity contribution in [2.24, 2.45) is 7.05 Å². The molecule has 10 heteroatoms. The summed E-state index contributed by atoms with van der Waals surface area (Å²) < 4.78 is 54.0. The maximum absolute atomic E-state index is 13.3. The van der Waals surface area contributed by atoms with Gasteiger partial charge in [0.1, 0.15) is 4.90 Å². The first-order valence-corrected chi connectivity index (χ1v) is 7.93. The minimum Gasteiger partial charge on any atom is -0.395 e. The van der Waals surface area contributed by atoms with Crippen LogP contribution in [0.4, 0.5) is 8.78 Å². The Morgan fingerprint density at radius 2 is 2.29 bits per heavy atom. The molecule has 0 saturated carbocycles. The molecule has 2 rings (SSSR count). The molecule has 0 bridgehead atoms. The van der Waals surface area contributed by atoms with E-state index in [1.54, 1.807) is 7.05 Å². The average Bonchev–Trinajstić information content (AvgIpc) is 2.93. The normalized spacial score (nSPS) is 22.8. The van der Waals surface area contributed by atoms with Crippen LogP contribution in [0.3, 0.4) is 0 Å². The highest BCUT2D eigenvalue weighted by Gasteiger charge is 2.44. The van der Waals surface area contributed by atoms with Crippen LogP contribution in [-0.4, -0.2) is 66.4 Å².